The molecule has 1 heterocycles. The molecular formula is C6H12N4O. The van der Waals surface area contributed by atoms with Crippen molar-refractivity contribution in [3.8, 4) is 0 Å². The van der Waals surface area contributed by atoms with Gasteiger partial charge in [-0.1, -0.05) is 6.92 Å². The number of nitrogens with zero attached hydrogens (tertiary/aromatic N) is 2. The van der Waals surface area contributed by atoms with Crippen LogP contribution in [0.3, 0.4) is 0 Å². The third-order valence-electron chi connectivity index (χ3n) is 1.40. The van der Waals surface area contributed by atoms with Crippen LogP contribution in [-0.4, -0.2) is 21.3 Å². The van der Waals surface area contributed by atoms with E-state index in [9.17, 15) is 4.79 Å². The van der Waals surface area contributed by atoms with E-state index in [0.717, 1.165) is 6.42 Å². The summed E-state index contributed by atoms with van der Waals surface area (Å²) in [6.07, 6.45) is 0.743. The Kier molecular flexibility index (Phi) is 2.43. The molecule has 0 bridgehead atoms. The van der Waals surface area contributed by atoms with Crippen LogP contribution in [0.2, 0.25) is 0 Å². The predicted molar refractivity (Wildman–Crippen MR) is 41.3 cm³/mol. The molecular weight excluding hydrogens is 144 g/mol. The van der Waals surface area contributed by atoms with Crippen LogP contribution in [0, 0.1) is 0 Å². The summed E-state index contributed by atoms with van der Waals surface area (Å²) in [5.41, 5.74) is 5.09. The van der Waals surface area contributed by atoms with Gasteiger partial charge < -0.3 is 5.73 Å². The van der Waals surface area contributed by atoms with E-state index in [2.05, 4.69) is 10.1 Å². The zero-order valence-electron chi connectivity index (χ0n) is 6.50. The van der Waals surface area contributed by atoms with Crippen molar-refractivity contribution < 1.29 is 0 Å². The van der Waals surface area contributed by atoms with Crippen molar-refractivity contribution in [3.05, 3.63) is 16.3 Å². The average molecular weight is 156 g/mol. The van der Waals surface area contributed by atoms with E-state index in [1.807, 2.05) is 6.92 Å². The number of nitrogens with two attached hydrogens (primary N) is 1. The number of hydrogen-bond donors (Lipinski definition) is 2. The molecule has 0 fully saturated rings. The van der Waals surface area contributed by atoms with Gasteiger partial charge in [0.1, 0.15) is 5.82 Å². The quantitative estimate of drug-likeness (QED) is 0.595. The first-order chi connectivity index (χ1) is 5.27. The fourth-order valence-electron chi connectivity index (χ4n) is 0.837. The normalized spacial score (nSPS) is 10.4. The van der Waals surface area contributed by atoms with Crippen LogP contribution in [0.25, 0.3) is 0 Å². The molecule has 0 amide bonds. The molecule has 0 unspecified atom stereocenters. The molecule has 1 rings (SSSR count). The van der Waals surface area contributed by atoms with Crippen LogP contribution < -0.4 is 11.4 Å². The summed E-state index contributed by atoms with van der Waals surface area (Å²) in [5, 5.41) is 3.99. The fraction of sp³-hybridized carbons (Fsp3) is 0.667. The second-order valence-corrected chi connectivity index (χ2v) is 2.24. The zero-order valence-corrected chi connectivity index (χ0v) is 6.50. The van der Waals surface area contributed by atoms with Gasteiger partial charge in [0, 0.05) is 13.0 Å². The van der Waals surface area contributed by atoms with Crippen molar-refractivity contribution in [1.82, 2.24) is 14.8 Å². The van der Waals surface area contributed by atoms with E-state index in [4.69, 9.17) is 5.73 Å². The first kappa shape index (κ1) is 8.00. The average Bonchev–Trinajstić information content (AvgIpc) is 2.33. The molecule has 62 valence electrons. The highest BCUT2D eigenvalue weighted by molar-refractivity contribution is 4.80. The van der Waals surface area contributed by atoms with E-state index < -0.39 is 0 Å². The standard InChI is InChI=1S/C6H12N4O/c1-2-5-8-6(11)10(9-5)4-3-7/h2-4,7H2,1H3,(H,8,9,11). The fourth-order valence-corrected chi connectivity index (χ4v) is 0.837. The summed E-state index contributed by atoms with van der Waals surface area (Å²) in [5.74, 6) is 0.712. The summed E-state index contributed by atoms with van der Waals surface area (Å²) >= 11 is 0. The molecule has 0 aliphatic heterocycles. The molecule has 3 N–H and O–H groups in total. The minimum atomic E-state index is -0.174. The monoisotopic (exact) mass is 156 g/mol. The van der Waals surface area contributed by atoms with Gasteiger partial charge >= 0.3 is 5.69 Å². The van der Waals surface area contributed by atoms with Crippen molar-refractivity contribution in [2.24, 2.45) is 5.73 Å². The maximum absolute atomic E-state index is 11.0. The van der Waals surface area contributed by atoms with E-state index in [1.165, 1.54) is 4.68 Å². The number of aromatic nitrogens is 3. The van der Waals surface area contributed by atoms with Crippen LogP contribution in [0.5, 0.6) is 0 Å². The SMILES string of the molecule is CCc1nn(CCN)c(=O)[nH]1. The molecule has 0 aromatic carbocycles. The lowest BCUT2D eigenvalue weighted by atomic mass is 10.5. The van der Waals surface area contributed by atoms with Gasteiger partial charge in [-0.15, -0.1) is 0 Å². The largest absolute Gasteiger partial charge is 0.343 e. The Labute approximate surface area is 64.2 Å². The van der Waals surface area contributed by atoms with Crippen LogP contribution >= 0.6 is 0 Å². The Morgan fingerprint density at radius 1 is 1.73 bits per heavy atom. The lowest BCUT2D eigenvalue weighted by Crippen LogP contribution is -2.22. The Morgan fingerprint density at radius 3 is 2.91 bits per heavy atom. The second kappa shape index (κ2) is 3.34. The summed E-state index contributed by atoms with van der Waals surface area (Å²) in [6.45, 7) is 2.86. The molecule has 0 atom stereocenters. The van der Waals surface area contributed by atoms with Gasteiger partial charge in [-0.3, -0.25) is 4.98 Å². The molecule has 0 radical (unpaired) electrons. The van der Waals surface area contributed by atoms with Crippen LogP contribution in [0.15, 0.2) is 4.79 Å². The molecule has 0 aliphatic rings. The zero-order chi connectivity index (χ0) is 8.27. The van der Waals surface area contributed by atoms with Crippen molar-refractivity contribution in [3.63, 3.8) is 0 Å². The smallest absolute Gasteiger partial charge is 0.329 e. The summed E-state index contributed by atoms with van der Waals surface area (Å²) in [7, 11) is 0. The number of aryl methyl sites for hydroxylation is 1. The number of hydrogen-bond acceptors (Lipinski definition) is 3. The number of rotatable bonds is 3. The highest BCUT2D eigenvalue weighted by Crippen LogP contribution is 1.84. The van der Waals surface area contributed by atoms with Gasteiger partial charge in [-0.25, -0.2) is 9.48 Å². The van der Waals surface area contributed by atoms with Crippen LogP contribution in [0.1, 0.15) is 12.7 Å². The third-order valence-corrected chi connectivity index (χ3v) is 1.40. The maximum atomic E-state index is 11.0. The Bertz CT molecular complexity index is 274. The van der Waals surface area contributed by atoms with Gasteiger partial charge in [-0.2, -0.15) is 5.10 Å². The van der Waals surface area contributed by atoms with Gasteiger partial charge in [0.15, 0.2) is 0 Å². The highest BCUT2D eigenvalue weighted by Gasteiger charge is 2.00. The molecule has 11 heavy (non-hydrogen) atoms. The van der Waals surface area contributed by atoms with Crippen molar-refractivity contribution in [1.29, 1.82) is 0 Å². The lowest BCUT2D eigenvalue weighted by molar-refractivity contribution is 0.597. The van der Waals surface area contributed by atoms with Gasteiger partial charge in [0.25, 0.3) is 0 Å². The van der Waals surface area contributed by atoms with E-state index in [-0.39, 0.29) is 5.69 Å². The second-order valence-electron chi connectivity index (χ2n) is 2.24. The van der Waals surface area contributed by atoms with Gasteiger partial charge in [0.2, 0.25) is 0 Å². The molecule has 1 aromatic heterocycles. The van der Waals surface area contributed by atoms with Crippen molar-refractivity contribution in [2.75, 3.05) is 6.54 Å². The Hall–Kier alpha value is -1.10. The highest BCUT2D eigenvalue weighted by atomic mass is 16.1. The predicted octanol–water partition coefficient (Wildman–Crippen LogP) is -0.907. The Balaban J connectivity index is 2.88. The molecule has 5 heteroatoms. The number of nitrogens with one attached hydrogen (secondary N) is 1. The third kappa shape index (κ3) is 1.68. The molecule has 0 saturated heterocycles. The maximum Gasteiger partial charge on any atom is 0.343 e. The molecule has 5 nitrogen and oxygen atoms in total. The Morgan fingerprint density at radius 2 is 2.45 bits per heavy atom. The summed E-state index contributed by atoms with van der Waals surface area (Å²) < 4.78 is 1.35. The van der Waals surface area contributed by atoms with E-state index >= 15 is 0 Å². The topological polar surface area (TPSA) is 76.7 Å². The first-order valence-corrected chi connectivity index (χ1v) is 3.64. The molecule has 0 aliphatic carbocycles. The minimum Gasteiger partial charge on any atom is -0.329 e. The van der Waals surface area contributed by atoms with Crippen molar-refractivity contribution in [2.45, 2.75) is 19.9 Å². The van der Waals surface area contributed by atoms with Crippen LogP contribution in [0.4, 0.5) is 0 Å². The van der Waals surface area contributed by atoms with E-state index in [0.29, 0.717) is 18.9 Å². The van der Waals surface area contributed by atoms with E-state index in [1.54, 1.807) is 0 Å². The van der Waals surface area contributed by atoms with Crippen molar-refractivity contribution >= 4 is 0 Å². The number of aromatic amines is 1. The molecule has 1 aromatic rings. The molecule has 0 saturated carbocycles. The summed E-state index contributed by atoms with van der Waals surface area (Å²) in [4.78, 5) is 13.6. The summed E-state index contributed by atoms with van der Waals surface area (Å²) in [6, 6.07) is 0. The minimum absolute atomic E-state index is 0.174. The molecule has 0 spiro atoms. The van der Waals surface area contributed by atoms with Gasteiger partial charge in [-0.05, 0) is 0 Å². The van der Waals surface area contributed by atoms with Crippen LogP contribution in [-0.2, 0) is 13.0 Å². The first-order valence-electron chi connectivity index (χ1n) is 3.64. The lowest BCUT2D eigenvalue weighted by Gasteiger charge is -1.91. The number of H-pyrrole nitrogens is 1. The van der Waals surface area contributed by atoms with Gasteiger partial charge in [0.05, 0.1) is 6.54 Å².